The summed E-state index contributed by atoms with van der Waals surface area (Å²) in [6.07, 6.45) is 3.97. The molecule has 40 heavy (non-hydrogen) atoms. The number of anilines is 1. The number of nitriles is 1. The minimum Gasteiger partial charge on any atom is -0.398 e. The molecule has 1 amide bonds. The Balaban J connectivity index is 1.34. The molecule has 1 fully saturated rings. The highest BCUT2D eigenvalue weighted by molar-refractivity contribution is 7.90. The Hall–Kier alpha value is -4.47. The summed E-state index contributed by atoms with van der Waals surface area (Å²) in [6, 6.07) is 19.1. The quantitative estimate of drug-likeness (QED) is 0.248. The molecule has 0 unspecified atom stereocenters. The molecule has 4 rings (SSSR count). The fourth-order valence-corrected chi connectivity index (χ4v) is 5.53. The third kappa shape index (κ3) is 7.13. The van der Waals surface area contributed by atoms with Gasteiger partial charge in [0.1, 0.15) is 11.9 Å². The van der Waals surface area contributed by atoms with E-state index in [1.807, 2.05) is 6.92 Å². The molecule has 1 atom stereocenters. The van der Waals surface area contributed by atoms with Crippen molar-refractivity contribution < 1.29 is 17.6 Å². The van der Waals surface area contributed by atoms with Crippen molar-refractivity contribution in [1.82, 2.24) is 5.32 Å². The van der Waals surface area contributed by atoms with Crippen molar-refractivity contribution in [2.75, 3.05) is 5.73 Å². The Morgan fingerprint density at radius 2 is 1.68 bits per heavy atom. The molecule has 0 bridgehead atoms. The third-order valence-corrected chi connectivity index (χ3v) is 8.23. The van der Waals surface area contributed by atoms with Crippen LogP contribution < -0.4 is 11.1 Å². The number of hydrogen-bond acceptors (Lipinski definition) is 5. The first-order chi connectivity index (χ1) is 19.2. The zero-order chi connectivity index (χ0) is 28.7. The van der Waals surface area contributed by atoms with Gasteiger partial charge in [0.05, 0.1) is 16.5 Å². The Morgan fingerprint density at radius 3 is 2.33 bits per heavy atom. The molecule has 0 heterocycles. The van der Waals surface area contributed by atoms with E-state index >= 15 is 0 Å². The van der Waals surface area contributed by atoms with E-state index in [2.05, 4.69) is 27.6 Å². The van der Waals surface area contributed by atoms with Gasteiger partial charge in [0.25, 0.3) is 10.0 Å². The standard InChI is InChI=1S/C31H29FN4O3S/c1-21(23-12-15-28(32)16-13-23)36-31(37)26-8-6-22(7-9-26)20-35-40(38,39)29-17-14-25(30(34)18-29)11-10-24-4-2-3-5-27(24)19-33/h2-5,12-18,20-22,26H,6-9,34H2,1H3,(H,36,37)/b35-20-/t21-,22?,26?/m1/s1. The largest absolute Gasteiger partial charge is 0.398 e. The van der Waals surface area contributed by atoms with E-state index in [0.717, 1.165) is 5.56 Å². The molecule has 1 aliphatic rings. The molecule has 0 aliphatic heterocycles. The summed E-state index contributed by atoms with van der Waals surface area (Å²) in [6.45, 7) is 1.86. The monoisotopic (exact) mass is 556 g/mol. The first kappa shape index (κ1) is 28.5. The van der Waals surface area contributed by atoms with Gasteiger partial charge in [0.15, 0.2) is 0 Å². The Morgan fingerprint density at radius 1 is 1.02 bits per heavy atom. The number of nitrogens with one attached hydrogen (secondary N) is 1. The molecule has 0 saturated heterocycles. The molecular formula is C31H29FN4O3S. The summed E-state index contributed by atoms with van der Waals surface area (Å²) in [5, 5.41) is 12.2. The van der Waals surface area contributed by atoms with Gasteiger partial charge in [-0.2, -0.15) is 18.1 Å². The molecule has 0 aromatic heterocycles. The van der Waals surface area contributed by atoms with Crippen molar-refractivity contribution in [3.8, 4) is 17.9 Å². The fourth-order valence-electron chi connectivity index (χ4n) is 4.56. The van der Waals surface area contributed by atoms with Crippen molar-refractivity contribution in [3.63, 3.8) is 0 Å². The van der Waals surface area contributed by atoms with Crippen LogP contribution in [-0.4, -0.2) is 20.5 Å². The highest BCUT2D eigenvalue weighted by atomic mass is 32.2. The predicted octanol–water partition coefficient (Wildman–Crippen LogP) is 5.12. The van der Waals surface area contributed by atoms with Gasteiger partial charge < -0.3 is 11.1 Å². The Labute approximate surface area is 234 Å². The molecular weight excluding hydrogens is 527 g/mol. The van der Waals surface area contributed by atoms with Crippen molar-refractivity contribution in [3.05, 3.63) is 94.8 Å². The van der Waals surface area contributed by atoms with Crippen molar-refractivity contribution in [2.45, 2.75) is 43.5 Å². The lowest BCUT2D eigenvalue weighted by atomic mass is 9.82. The lowest BCUT2D eigenvalue weighted by Gasteiger charge is -2.27. The minimum atomic E-state index is -3.96. The van der Waals surface area contributed by atoms with Gasteiger partial charge in [-0.25, -0.2) is 4.39 Å². The molecule has 3 N–H and O–H groups in total. The zero-order valence-electron chi connectivity index (χ0n) is 22.0. The molecule has 9 heteroatoms. The highest BCUT2D eigenvalue weighted by Crippen LogP contribution is 2.29. The fraction of sp³-hybridized carbons (Fsp3) is 0.258. The average molecular weight is 557 g/mol. The number of nitrogens with two attached hydrogens (primary N) is 1. The summed E-state index contributed by atoms with van der Waals surface area (Å²) in [5.41, 5.74) is 8.54. The molecule has 1 aliphatic carbocycles. The number of sulfonamides is 1. The molecule has 3 aromatic carbocycles. The molecule has 204 valence electrons. The first-order valence-corrected chi connectivity index (χ1v) is 14.4. The molecule has 0 spiro atoms. The lowest BCUT2D eigenvalue weighted by Crippen LogP contribution is -2.35. The zero-order valence-corrected chi connectivity index (χ0v) is 22.8. The minimum absolute atomic E-state index is 0.0351. The van der Waals surface area contributed by atoms with Crippen LogP contribution in [0.2, 0.25) is 0 Å². The number of benzene rings is 3. The van der Waals surface area contributed by atoms with Crippen LogP contribution in [0.3, 0.4) is 0 Å². The van der Waals surface area contributed by atoms with Gasteiger partial charge >= 0.3 is 0 Å². The van der Waals surface area contributed by atoms with Crippen LogP contribution in [0.1, 0.15) is 60.9 Å². The lowest BCUT2D eigenvalue weighted by molar-refractivity contribution is -0.126. The van der Waals surface area contributed by atoms with Crippen LogP contribution in [0, 0.1) is 40.8 Å². The number of carbonyl (C=O) groups excluding carboxylic acids is 1. The number of nitrogen functional groups attached to an aromatic ring is 1. The topological polar surface area (TPSA) is 125 Å². The Kier molecular flexibility index (Phi) is 8.98. The third-order valence-electron chi connectivity index (χ3n) is 6.98. The summed E-state index contributed by atoms with van der Waals surface area (Å²) in [5.74, 6) is 5.19. The second kappa shape index (κ2) is 12.6. The average Bonchev–Trinajstić information content (AvgIpc) is 2.96. The number of rotatable bonds is 6. The molecule has 0 radical (unpaired) electrons. The molecule has 7 nitrogen and oxygen atoms in total. The van der Waals surface area contributed by atoms with Gasteiger partial charge in [-0.3, -0.25) is 4.79 Å². The number of amides is 1. The van der Waals surface area contributed by atoms with E-state index in [1.165, 1.54) is 36.5 Å². The van der Waals surface area contributed by atoms with E-state index in [1.54, 1.807) is 36.4 Å². The number of carbonyl (C=O) groups is 1. The predicted molar refractivity (Wildman–Crippen MR) is 152 cm³/mol. The SMILES string of the molecule is C[C@@H](NC(=O)C1CCC(/C=N\S(=O)(=O)c2ccc(C#Cc3ccccc3C#N)c(N)c2)CC1)c1ccc(F)cc1. The van der Waals surface area contributed by atoms with Crippen LogP contribution in [0.5, 0.6) is 0 Å². The van der Waals surface area contributed by atoms with Crippen LogP contribution >= 0.6 is 0 Å². The number of nitrogens with zero attached hydrogens (tertiary/aromatic N) is 2. The maximum absolute atomic E-state index is 13.2. The van der Waals surface area contributed by atoms with Gasteiger partial charge in [-0.15, -0.1) is 0 Å². The number of halogens is 1. The maximum atomic E-state index is 13.2. The van der Waals surface area contributed by atoms with Gasteiger partial charge in [-0.1, -0.05) is 36.1 Å². The van der Waals surface area contributed by atoms with E-state index < -0.39 is 10.0 Å². The van der Waals surface area contributed by atoms with Crippen molar-refractivity contribution >= 4 is 27.8 Å². The van der Waals surface area contributed by atoms with Crippen LogP contribution in [0.25, 0.3) is 0 Å². The van der Waals surface area contributed by atoms with Crippen molar-refractivity contribution in [2.24, 2.45) is 16.2 Å². The smallest absolute Gasteiger partial charge is 0.282 e. The van der Waals surface area contributed by atoms with Crippen LogP contribution in [0.4, 0.5) is 10.1 Å². The molecule has 1 saturated carbocycles. The normalized spacial score (nSPS) is 17.8. The van der Waals surface area contributed by atoms with E-state index in [0.29, 0.717) is 42.4 Å². The van der Waals surface area contributed by atoms with Gasteiger partial charge in [0, 0.05) is 28.9 Å². The summed E-state index contributed by atoms with van der Waals surface area (Å²) in [7, 11) is -3.96. The van der Waals surface area contributed by atoms with Gasteiger partial charge in [0.2, 0.25) is 5.91 Å². The number of hydrogen-bond donors (Lipinski definition) is 2. The maximum Gasteiger partial charge on any atom is 0.282 e. The summed E-state index contributed by atoms with van der Waals surface area (Å²) in [4.78, 5) is 12.7. The first-order valence-electron chi connectivity index (χ1n) is 12.9. The second-order valence-corrected chi connectivity index (χ2v) is 11.4. The molecule has 3 aromatic rings. The summed E-state index contributed by atoms with van der Waals surface area (Å²) >= 11 is 0. The van der Waals surface area contributed by atoms with Crippen molar-refractivity contribution in [1.29, 1.82) is 5.26 Å². The van der Waals surface area contributed by atoms with E-state index in [-0.39, 0.29) is 40.2 Å². The highest BCUT2D eigenvalue weighted by Gasteiger charge is 2.27. The summed E-state index contributed by atoms with van der Waals surface area (Å²) < 4.78 is 42.7. The Bertz CT molecular complexity index is 1630. The second-order valence-electron chi connectivity index (χ2n) is 9.78. The van der Waals surface area contributed by atoms with E-state index in [4.69, 9.17) is 5.73 Å². The van der Waals surface area contributed by atoms with Crippen LogP contribution in [0.15, 0.2) is 76.0 Å². The van der Waals surface area contributed by atoms with Crippen LogP contribution in [-0.2, 0) is 14.8 Å². The van der Waals surface area contributed by atoms with Gasteiger partial charge in [-0.05, 0) is 86.6 Å². The van der Waals surface area contributed by atoms with E-state index in [9.17, 15) is 22.9 Å².